The summed E-state index contributed by atoms with van der Waals surface area (Å²) in [5, 5.41) is 12.4. The number of benzene rings is 2. The van der Waals surface area contributed by atoms with E-state index in [9.17, 15) is 9.59 Å². The van der Waals surface area contributed by atoms with Crippen molar-refractivity contribution in [3.63, 3.8) is 0 Å². The molecule has 19 heteroatoms. The van der Waals surface area contributed by atoms with E-state index in [1.165, 1.54) is 50.0 Å². The monoisotopic (exact) mass is 834 g/mol. The molecule has 0 radical (unpaired) electrons. The van der Waals surface area contributed by atoms with E-state index in [0.29, 0.717) is 10.3 Å². The van der Waals surface area contributed by atoms with Crippen LogP contribution in [0.25, 0.3) is 0 Å². The lowest BCUT2D eigenvalue weighted by molar-refractivity contribution is 0.122. The fourth-order valence-corrected chi connectivity index (χ4v) is 8.56. The van der Waals surface area contributed by atoms with Gasteiger partial charge in [0.1, 0.15) is 5.82 Å². The minimum absolute atomic E-state index is 0.245. The Balaban J connectivity index is 0.000000177. The third-order valence-corrected chi connectivity index (χ3v) is 11.7. The van der Waals surface area contributed by atoms with Crippen molar-refractivity contribution >= 4 is 79.5 Å². The molecule has 4 aliphatic rings. The SMILES string of the molecule is CCc1nsc(NC(=O)Nc2ccc(N3CCOCC3)cc2N2CCCCC2)n1.COc1nsc(NC(=O)Nc2ccc(N3CCOCC3)cc2N2CCCCC2)n1. The number of hydrogen-bond acceptors (Lipinski definition) is 15. The van der Waals surface area contributed by atoms with E-state index >= 15 is 0 Å². The van der Waals surface area contributed by atoms with Gasteiger partial charge >= 0.3 is 18.1 Å². The molecule has 4 aromatic rings. The number of nitrogens with one attached hydrogen (secondary N) is 4. The maximum Gasteiger partial charge on any atom is 0.329 e. The lowest BCUT2D eigenvalue weighted by Gasteiger charge is -2.33. The first-order valence-electron chi connectivity index (χ1n) is 20.3. The van der Waals surface area contributed by atoms with Crippen LogP contribution in [0, 0.1) is 0 Å². The number of urea groups is 2. The first kappa shape index (κ1) is 41.2. The Bertz CT molecular complexity index is 1800. The van der Waals surface area contributed by atoms with Gasteiger partial charge in [-0.1, -0.05) is 6.92 Å². The molecule has 0 bridgehead atoms. The highest BCUT2D eigenvalue weighted by molar-refractivity contribution is 7.10. The van der Waals surface area contributed by atoms with E-state index in [1.54, 1.807) is 0 Å². The van der Waals surface area contributed by atoms with Crippen LogP contribution in [-0.2, 0) is 15.9 Å². The summed E-state index contributed by atoms with van der Waals surface area (Å²) >= 11 is 2.28. The van der Waals surface area contributed by atoms with E-state index in [0.717, 1.165) is 144 Å². The van der Waals surface area contributed by atoms with Crippen molar-refractivity contribution in [3.05, 3.63) is 42.2 Å². The molecule has 58 heavy (non-hydrogen) atoms. The highest BCUT2D eigenvalue weighted by Crippen LogP contribution is 2.35. The van der Waals surface area contributed by atoms with Crippen molar-refractivity contribution in [1.82, 2.24) is 18.7 Å². The van der Waals surface area contributed by atoms with E-state index < -0.39 is 0 Å². The molecule has 6 heterocycles. The summed E-state index contributed by atoms with van der Waals surface area (Å²) in [7, 11) is 1.49. The normalized spacial score (nSPS) is 17.2. The zero-order chi connectivity index (χ0) is 40.1. The van der Waals surface area contributed by atoms with E-state index in [4.69, 9.17) is 14.2 Å². The number of hydrogen-bond donors (Lipinski definition) is 4. The summed E-state index contributed by atoms with van der Waals surface area (Å²) in [6, 6.07) is 12.1. The number of nitrogens with zero attached hydrogens (tertiary/aromatic N) is 8. The molecule has 8 rings (SSSR count). The summed E-state index contributed by atoms with van der Waals surface area (Å²) in [6.45, 7) is 12.5. The van der Waals surface area contributed by atoms with Crippen LogP contribution in [0.1, 0.15) is 51.3 Å². The van der Waals surface area contributed by atoms with Gasteiger partial charge in [0.05, 0.1) is 56.3 Å². The maximum atomic E-state index is 12.6. The smallest absolute Gasteiger partial charge is 0.329 e. The molecule has 2 aromatic carbocycles. The minimum atomic E-state index is -0.346. The van der Waals surface area contributed by atoms with Crippen LogP contribution >= 0.6 is 23.1 Å². The molecular weight excluding hydrogens is 781 g/mol. The molecule has 0 unspecified atom stereocenters. The fourth-order valence-electron chi connectivity index (χ4n) is 7.37. The van der Waals surface area contributed by atoms with Gasteiger partial charge in [0, 0.05) is 93.2 Å². The molecule has 0 aliphatic carbocycles. The lowest BCUT2D eigenvalue weighted by Crippen LogP contribution is -2.36. The number of carbonyl (C=O) groups is 2. The third-order valence-electron chi connectivity index (χ3n) is 10.4. The number of piperidine rings is 2. The average Bonchev–Trinajstić information content (AvgIpc) is 3.94. The number of aryl methyl sites for hydroxylation is 1. The molecule has 4 N–H and O–H groups in total. The Morgan fingerprint density at radius 1 is 0.621 bits per heavy atom. The Labute approximate surface area is 347 Å². The second-order valence-corrected chi connectivity index (χ2v) is 15.8. The molecule has 0 saturated carbocycles. The fraction of sp³-hybridized carbons (Fsp3) is 0.538. The quantitative estimate of drug-likeness (QED) is 0.135. The van der Waals surface area contributed by atoms with Crippen molar-refractivity contribution in [3.8, 4) is 6.01 Å². The van der Waals surface area contributed by atoms with Gasteiger partial charge in [0.25, 0.3) is 0 Å². The van der Waals surface area contributed by atoms with Crippen molar-refractivity contribution in [2.45, 2.75) is 51.9 Å². The molecule has 0 spiro atoms. The number of ether oxygens (including phenoxy) is 3. The van der Waals surface area contributed by atoms with Gasteiger partial charge in [-0.3, -0.25) is 10.6 Å². The van der Waals surface area contributed by atoms with Crippen LogP contribution in [0.3, 0.4) is 0 Å². The van der Waals surface area contributed by atoms with Gasteiger partial charge in [-0.15, -0.1) is 4.37 Å². The van der Waals surface area contributed by atoms with E-state index in [1.807, 2.05) is 19.1 Å². The molecule has 0 atom stereocenters. The lowest BCUT2D eigenvalue weighted by atomic mass is 10.1. The van der Waals surface area contributed by atoms with Crippen LogP contribution < -0.4 is 45.6 Å². The van der Waals surface area contributed by atoms with Crippen molar-refractivity contribution in [2.75, 3.05) is 127 Å². The summed E-state index contributed by atoms with van der Waals surface area (Å²) in [6.07, 6.45) is 7.95. The molecule has 312 valence electrons. The molecule has 4 aliphatic heterocycles. The average molecular weight is 835 g/mol. The number of methoxy groups -OCH3 is 1. The highest BCUT2D eigenvalue weighted by atomic mass is 32.1. The standard InChI is InChI=1S/C20H28N6O2S.C19H26N6O3S/c1-2-18-22-20(29-24-18)23-19(27)21-16-7-6-15(25-10-12-28-13-11-25)14-17(16)26-8-4-3-5-9-26;1-27-18-22-19(29-23-18)21-17(26)20-15-6-5-14(24-9-11-28-12-10-24)13-16(15)25-7-3-2-4-8-25/h6-7,14H,2-5,8-13H2,1H3,(H2,21,22,23,24,27);5-6,13H,2-4,7-12H2,1H3,(H2,20,21,22,23,26). The summed E-state index contributed by atoms with van der Waals surface area (Å²) < 4.78 is 24.1. The van der Waals surface area contributed by atoms with Gasteiger partial charge in [0.2, 0.25) is 10.3 Å². The maximum absolute atomic E-state index is 12.6. The summed E-state index contributed by atoms with van der Waals surface area (Å²) in [4.78, 5) is 42.9. The summed E-state index contributed by atoms with van der Waals surface area (Å²) in [5.41, 5.74) is 6.08. The predicted octanol–water partition coefficient (Wildman–Crippen LogP) is 6.59. The minimum Gasteiger partial charge on any atom is -0.466 e. The van der Waals surface area contributed by atoms with Gasteiger partial charge in [0.15, 0.2) is 0 Å². The van der Waals surface area contributed by atoms with Gasteiger partial charge in [-0.25, -0.2) is 14.6 Å². The van der Waals surface area contributed by atoms with Crippen LogP contribution in [0.2, 0.25) is 0 Å². The van der Waals surface area contributed by atoms with E-state index in [-0.39, 0.29) is 18.1 Å². The number of morpholine rings is 2. The largest absolute Gasteiger partial charge is 0.466 e. The number of anilines is 8. The number of rotatable bonds is 10. The molecule has 4 saturated heterocycles. The van der Waals surface area contributed by atoms with E-state index in [2.05, 4.69) is 83.8 Å². The van der Waals surface area contributed by atoms with Crippen LogP contribution in [0.15, 0.2) is 36.4 Å². The zero-order valence-electron chi connectivity index (χ0n) is 33.3. The van der Waals surface area contributed by atoms with Crippen molar-refractivity contribution < 1.29 is 23.8 Å². The molecule has 17 nitrogen and oxygen atoms in total. The number of carbonyl (C=O) groups excluding carboxylic acids is 2. The first-order valence-corrected chi connectivity index (χ1v) is 21.8. The predicted molar refractivity (Wildman–Crippen MR) is 232 cm³/mol. The second kappa shape index (κ2) is 20.6. The Kier molecular flexibility index (Phi) is 14.6. The highest BCUT2D eigenvalue weighted by Gasteiger charge is 2.22. The van der Waals surface area contributed by atoms with Gasteiger partial charge < -0.3 is 44.4 Å². The Morgan fingerprint density at radius 2 is 1.09 bits per heavy atom. The second-order valence-electron chi connectivity index (χ2n) is 14.3. The van der Waals surface area contributed by atoms with Crippen LogP contribution in [0.4, 0.5) is 54.0 Å². The number of amides is 4. The van der Waals surface area contributed by atoms with Crippen molar-refractivity contribution in [1.29, 1.82) is 0 Å². The Morgan fingerprint density at radius 3 is 1.52 bits per heavy atom. The first-order chi connectivity index (χ1) is 28.4. The van der Waals surface area contributed by atoms with Gasteiger partial charge in [-0.2, -0.15) is 9.36 Å². The van der Waals surface area contributed by atoms with Gasteiger partial charge in [-0.05, 0) is 74.9 Å². The van der Waals surface area contributed by atoms with Crippen LogP contribution in [-0.4, -0.2) is 117 Å². The molecule has 2 aromatic heterocycles. The molecule has 4 fully saturated rings. The third kappa shape index (κ3) is 11.1. The van der Waals surface area contributed by atoms with Crippen LogP contribution in [0.5, 0.6) is 6.01 Å². The number of aromatic nitrogens is 4. The molecular formula is C39H54N12O5S2. The summed E-state index contributed by atoms with van der Waals surface area (Å²) in [5.74, 6) is 0.745. The Hall–Kier alpha value is -4.98. The molecule has 4 amide bonds. The van der Waals surface area contributed by atoms with Crippen molar-refractivity contribution in [2.24, 2.45) is 0 Å². The topological polar surface area (TPSA) is 174 Å². The zero-order valence-corrected chi connectivity index (χ0v) is 35.0.